The third-order valence-electron chi connectivity index (χ3n) is 5.82. The highest BCUT2D eigenvalue weighted by Crippen LogP contribution is 2.31. The SMILES string of the molecule is CC(C)C[C@H](C(=O)O)[C@H](Cc1ccc(C[NH+]2CCC(O)C2)c(F)c1)c1nn[nH]n1.O=C([O-])C(F)(F)F. The summed E-state index contributed by atoms with van der Waals surface area (Å²) in [5.74, 6) is -4.90. The van der Waals surface area contributed by atoms with E-state index in [-0.39, 0.29) is 17.8 Å². The van der Waals surface area contributed by atoms with Crippen LogP contribution in [0.1, 0.15) is 49.6 Å². The summed E-state index contributed by atoms with van der Waals surface area (Å²) in [7, 11) is 0. The number of aromatic amines is 1. The molecular formula is C22H29F4N5O5. The van der Waals surface area contributed by atoms with Gasteiger partial charge in [0, 0.05) is 17.9 Å². The molecule has 200 valence electrons. The lowest BCUT2D eigenvalue weighted by atomic mass is 9.81. The molecule has 0 amide bonds. The molecule has 2 heterocycles. The second kappa shape index (κ2) is 12.7. The van der Waals surface area contributed by atoms with Gasteiger partial charge in [-0.25, -0.2) is 4.39 Å². The highest BCUT2D eigenvalue weighted by Gasteiger charge is 2.33. The van der Waals surface area contributed by atoms with Gasteiger partial charge in [0.25, 0.3) is 0 Å². The number of nitrogens with one attached hydrogen (secondary N) is 2. The van der Waals surface area contributed by atoms with Crippen LogP contribution in [-0.4, -0.2) is 68.1 Å². The van der Waals surface area contributed by atoms with Gasteiger partial charge in [-0.3, -0.25) is 4.79 Å². The summed E-state index contributed by atoms with van der Waals surface area (Å²) < 4.78 is 46.3. The summed E-state index contributed by atoms with van der Waals surface area (Å²) in [5, 5.41) is 42.2. The number of aliphatic hydroxyl groups is 1. The van der Waals surface area contributed by atoms with Crippen molar-refractivity contribution in [1.82, 2.24) is 20.6 Å². The van der Waals surface area contributed by atoms with Crippen molar-refractivity contribution in [3.8, 4) is 0 Å². The molecule has 3 rings (SSSR count). The summed E-state index contributed by atoms with van der Waals surface area (Å²) in [6.07, 6.45) is -3.98. The molecule has 0 saturated carbocycles. The van der Waals surface area contributed by atoms with Crippen molar-refractivity contribution in [2.24, 2.45) is 11.8 Å². The fourth-order valence-electron chi connectivity index (χ4n) is 4.14. The molecule has 14 heteroatoms. The van der Waals surface area contributed by atoms with Crippen molar-refractivity contribution >= 4 is 11.9 Å². The smallest absolute Gasteiger partial charge is 0.430 e. The van der Waals surface area contributed by atoms with E-state index < -0.39 is 30.0 Å². The minimum absolute atomic E-state index is 0.184. The number of nitrogens with zero attached hydrogens (tertiary/aromatic N) is 3. The number of carbonyl (C=O) groups excluding carboxylic acids is 1. The van der Waals surface area contributed by atoms with Gasteiger partial charge in [-0.2, -0.15) is 18.4 Å². The number of hydrogen-bond acceptors (Lipinski definition) is 7. The fraction of sp³-hybridized carbons (Fsp3) is 0.591. The number of carboxylic acid groups (broad SMARTS) is 2. The highest BCUT2D eigenvalue weighted by atomic mass is 19.4. The first-order chi connectivity index (χ1) is 16.8. The Hall–Kier alpha value is -3.13. The number of aromatic nitrogens is 4. The van der Waals surface area contributed by atoms with Crippen LogP contribution >= 0.6 is 0 Å². The first kappa shape index (κ1) is 29.1. The van der Waals surface area contributed by atoms with E-state index in [1.165, 1.54) is 6.07 Å². The van der Waals surface area contributed by atoms with Crippen LogP contribution in [-0.2, 0) is 22.6 Å². The number of halogens is 4. The zero-order valence-corrected chi connectivity index (χ0v) is 19.8. The Morgan fingerprint density at radius 3 is 2.42 bits per heavy atom. The molecule has 36 heavy (non-hydrogen) atoms. The standard InChI is InChI=1S/C20H28FN5O3.C2HF3O2/c1-12(2)7-17(20(28)29)16(19-22-24-25-23-19)8-13-3-4-14(18(21)9-13)10-26-6-5-15(27)11-26;3-2(4,5)1(6)7/h3-4,9,12,15-17,27H,5-8,10-11H2,1-2H3,(H,28,29)(H,22,23,24,25);(H,6,7)/t15?,16-,17-;/m0./s1. The van der Waals surface area contributed by atoms with E-state index in [9.17, 15) is 32.6 Å². The van der Waals surface area contributed by atoms with Gasteiger partial charge >= 0.3 is 12.1 Å². The number of rotatable bonds is 9. The Morgan fingerprint density at radius 2 is 1.97 bits per heavy atom. The van der Waals surface area contributed by atoms with Gasteiger partial charge in [-0.15, -0.1) is 10.2 Å². The highest BCUT2D eigenvalue weighted by molar-refractivity contribution is 5.71. The minimum atomic E-state index is -5.19. The fourth-order valence-corrected chi connectivity index (χ4v) is 4.14. The quantitative estimate of drug-likeness (QED) is 0.334. The summed E-state index contributed by atoms with van der Waals surface area (Å²) in [5.41, 5.74) is 1.30. The van der Waals surface area contributed by atoms with Crippen LogP contribution in [0.15, 0.2) is 18.2 Å². The van der Waals surface area contributed by atoms with Gasteiger partial charge in [0.1, 0.15) is 31.0 Å². The third kappa shape index (κ3) is 8.82. The van der Waals surface area contributed by atoms with Crippen LogP contribution in [0.2, 0.25) is 0 Å². The van der Waals surface area contributed by atoms with E-state index in [0.29, 0.717) is 42.9 Å². The molecule has 0 spiro atoms. The first-order valence-corrected chi connectivity index (χ1v) is 11.3. The third-order valence-corrected chi connectivity index (χ3v) is 5.82. The van der Waals surface area contributed by atoms with Gasteiger partial charge < -0.3 is 25.0 Å². The van der Waals surface area contributed by atoms with Crippen molar-refractivity contribution in [3.63, 3.8) is 0 Å². The minimum Gasteiger partial charge on any atom is -0.542 e. The monoisotopic (exact) mass is 519 g/mol. The van der Waals surface area contributed by atoms with E-state index in [0.717, 1.165) is 17.9 Å². The maximum Gasteiger partial charge on any atom is 0.430 e. The second-order valence-electron chi connectivity index (χ2n) is 9.19. The number of aliphatic hydroxyl groups excluding tert-OH is 1. The lowest BCUT2D eigenvalue weighted by molar-refractivity contribution is -0.902. The molecule has 0 radical (unpaired) electrons. The van der Waals surface area contributed by atoms with E-state index >= 15 is 0 Å². The van der Waals surface area contributed by atoms with Crippen molar-refractivity contribution in [1.29, 1.82) is 0 Å². The molecule has 4 atom stereocenters. The maximum atomic E-state index is 14.7. The van der Waals surface area contributed by atoms with E-state index in [1.54, 1.807) is 6.07 Å². The van der Waals surface area contributed by atoms with E-state index in [2.05, 4.69) is 20.6 Å². The van der Waals surface area contributed by atoms with Crippen molar-refractivity contribution in [3.05, 3.63) is 41.0 Å². The molecule has 0 bridgehead atoms. The van der Waals surface area contributed by atoms with Gasteiger partial charge in [0.15, 0.2) is 5.82 Å². The molecule has 1 aromatic carbocycles. The number of tetrazole rings is 1. The Labute approximate surface area is 204 Å². The Kier molecular flexibility index (Phi) is 10.3. The van der Waals surface area contributed by atoms with Crippen LogP contribution in [0, 0.1) is 17.7 Å². The predicted octanol–water partition coefficient (Wildman–Crippen LogP) is -0.140. The zero-order valence-electron chi connectivity index (χ0n) is 19.8. The van der Waals surface area contributed by atoms with Gasteiger partial charge in [0.2, 0.25) is 0 Å². The average Bonchev–Trinajstić information content (AvgIpc) is 3.44. The largest absolute Gasteiger partial charge is 0.542 e. The molecule has 1 aliphatic rings. The number of quaternary nitrogens is 1. The number of alkyl halides is 3. The molecular weight excluding hydrogens is 490 g/mol. The Balaban J connectivity index is 0.000000572. The van der Waals surface area contributed by atoms with E-state index in [1.807, 2.05) is 19.9 Å². The van der Waals surface area contributed by atoms with Crippen LogP contribution in [0.3, 0.4) is 0 Å². The number of benzene rings is 1. The Bertz CT molecular complexity index is 1000. The molecule has 4 N–H and O–H groups in total. The van der Waals surface area contributed by atoms with Crippen molar-refractivity contribution in [2.75, 3.05) is 13.1 Å². The molecule has 1 fully saturated rings. The number of carbonyl (C=O) groups is 2. The number of likely N-dealkylation sites (tertiary alicyclic amines) is 1. The predicted molar refractivity (Wildman–Crippen MR) is 114 cm³/mol. The van der Waals surface area contributed by atoms with Gasteiger partial charge in [0.05, 0.1) is 12.5 Å². The zero-order chi connectivity index (χ0) is 27.0. The first-order valence-electron chi connectivity index (χ1n) is 11.3. The molecule has 1 saturated heterocycles. The molecule has 0 aliphatic carbocycles. The lowest BCUT2D eigenvalue weighted by Gasteiger charge is -2.23. The Morgan fingerprint density at radius 1 is 1.31 bits per heavy atom. The van der Waals surface area contributed by atoms with Gasteiger partial charge in [-0.05, 0) is 30.4 Å². The van der Waals surface area contributed by atoms with E-state index in [4.69, 9.17) is 9.90 Å². The molecule has 2 unspecified atom stereocenters. The van der Waals surface area contributed by atoms with Crippen LogP contribution in [0.4, 0.5) is 17.6 Å². The number of aliphatic carboxylic acids is 2. The van der Waals surface area contributed by atoms with Crippen LogP contribution in [0.5, 0.6) is 0 Å². The summed E-state index contributed by atoms with van der Waals surface area (Å²) in [6.45, 7) is 5.93. The van der Waals surface area contributed by atoms with Gasteiger partial charge in [-0.1, -0.05) is 31.2 Å². The number of H-pyrrole nitrogens is 1. The van der Waals surface area contributed by atoms with Crippen LogP contribution in [0.25, 0.3) is 0 Å². The lowest BCUT2D eigenvalue weighted by Crippen LogP contribution is -3.09. The normalized spacial score (nSPS) is 19.4. The number of hydrogen-bond donors (Lipinski definition) is 4. The summed E-state index contributed by atoms with van der Waals surface area (Å²) in [4.78, 5) is 21.9. The van der Waals surface area contributed by atoms with Crippen molar-refractivity contribution < 1.29 is 47.4 Å². The topological polar surface area (TPSA) is 157 Å². The average molecular weight is 519 g/mol. The number of carboxylic acids is 2. The molecule has 10 nitrogen and oxygen atoms in total. The summed E-state index contributed by atoms with van der Waals surface area (Å²) >= 11 is 0. The van der Waals surface area contributed by atoms with Crippen molar-refractivity contribution in [2.45, 2.75) is 57.9 Å². The maximum absolute atomic E-state index is 14.7. The molecule has 1 aromatic heterocycles. The second-order valence-corrected chi connectivity index (χ2v) is 9.19. The molecule has 1 aliphatic heterocycles. The molecule has 2 aromatic rings. The van der Waals surface area contributed by atoms with Crippen LogP contribution < -0.4 is 10.0 Å². The summed E-state index contributed by atoms with van der Waals surface area (Å²) in [6, 6.07) is 5.07.